The van der Waals surface area contributed by atoms with Crippen molar-refractivity contribution in [1.29, 1.82) is 0 Å². The lowest BCUT2D eigenvalue weighted by Gasteiger charge is -2.31. The first-order chi connectivity index (χ1) is 14.4. The minimum absolute atomic E-state index is 0.0422. The molecule has 1 heterocycles. The maximum Gasteiger partial charge on any atom is 0.246 e. The van der Waals surface area contributed by atoms with Crippen LogP contribution in [0.15, 0.2) is 47.4 Å². The van der Waals surface area contributed by atoms with Gasteiger partial charge in [-0.2, -0.15) is 4.31 Å². The number of carbonyl (C=O) groups is 1. The van der Waals surface area contributed by atoms with Crippen molar-refractivity contribution in [1.82, 2.24) is 4.31 Å². The lowest BCUT2D eigenvalue weighted by molar-refractivity contribution is -0.120. The van der Waals surface area contributed by atoms with Crippen LogP contribution in [0, 0.1) is 5.92 Å². The first kappa shape index (κ1) is 22.1. The van der Waals surface area contributed by atoms with Gasteiger partial charge < -0.3 is 14.8 Å². The van der Waals surface area contributed by atoms with E-state index in [2.05, 4.69) is 12.2 Å². The fraction of sp³-hybridized carbons (Fsp3) is 0.409. The van der Waals surface area contributed by atoms with Crippen LogP contribution < -0.4 is 14.8 Å². The van der Waals surface area contributed by atoms with Crippen molar-refractivity contribution in [3.05, 3.63) is 48.0 Å². The topological polar surface area (TPSA) is 84.9 Å². The minimum atomic E-state index is -3.84. The molecule has 0 aliphatic carbocycles. The summed E-state index contributed by atoms with van der Waals surface area (Å²) in [7, 11) is -0.931. The van der Waals surface area contributed by atoms with Crippen molar-refractivity contribution in [2.24, 2.45) is 5.92 Å². The van der Waals surface area contributed by atoms with Crippen LogP contribution in [0.4, 0.5) is 5.69 Å². The number of ether oxygens (including phenoxy) is 2. The lowest BCUT2D eigenvalue weighted by Crippen LogP contribution is -2.43. The number of amides is 1. The van der Waals surface area contributed by atoms with Crippen molar-refractivity contribution >= 4 is 21.6 Å². The van der Waals surface area contributed by atoms with Crippen LogP contribution >= 0.6 is 0 Å². The fourth-order valence-electron chi connectivity index (χ4n) is 3.57. The smallest absolute Gasteiger partial charge is 0.246 e. The summed E-state index contributed by atoms with van der Waals surface area (Å²) < 4.78 is 38.4. The van der Waals surface area contributed by atoms with Gasteiger partial charge in [0.25, 0.3) is 0 Å². The van der Waals surface area contributed by atoms with E-state index in [1.807, 2.05) is 24.3 Å². The summed E-state index contributed by atoms with van der Waals surface area (Å²) in [4.78, 5) is 12.8. The molecular formula is C22H28N2O5S. The number of rotatable bonds is 7. The molecule has 1 fully saturated rings. The van der Waals surface area contributed by atoms with E-state index in [0.717, 1.165) is 6.42 Å². The standard InChI is InChI=1S/C22H28N2O5S/c1-4-16-7-9-18(10-8-16)23-22(25)17-6-5-13-24(15-17)30(26,27)21-14-19(28-2)11-12-20(21)29-3/h7-12,14,17H,4-6,13,15H2,1-3H3,(H,23,25)/t17-/m1/s1. The van der Waals surface area contributed by atoms with E-state index in [1.54, 1.807) is 12.1 Å². The molecule has 1 atom stereocenters. The third-order valence-electron chi connectivity index (χ3n) is 5.37. The Kier molecular flexibility index (Phi) is 6.99. The quantitative estimate of drug-likeness (QED) is 0.726. The number of benzene rings is 2. The lowest BCUT2D eigenvalue weighted by atomic mass is 9.98. The average Bonchev–Trinajstić information content (AvgIpc) is 2.79. The van der Waals surface area contributed by atoms with E-state index < -0.39 is 15.9 Å². The molecule has 1 N–H and O–H groups in total. The second-order valence-corrected chi connectivity index (χ2v) is 9.17. The van der Waals surface area contributed by atoms with Crippen LogP contribution in [0.1, 0.15) is 25.3 Å². The van der Waals surface area contributed by atoms with E-state index in [-0.39, 0.29) is 23.1 Å². The molecule has 0 saturated carbocycles. The van der Waals surface area contributed by atoms with Crippen LogP contribution in [0.3, 0.4) is 0 Å². The zero-order valence-electron chi connectivity index (χ0n) is 17.6. The van der Waals surface area contributed by atoms with Crippen molar-refractivity contribution in [2.75, 3.05) is 32.6 Å². The summed E-state index contributed by atoms with van der Waals surface area (Å²) in [5.74, 6) is 0.0855. The van der Waals surface area contributed by atoms with Gasteiger partial charge in [-0.1, -0.05) is 19.1 Å². The van der Waals surface area contributed by atoms with E-state index in [9.17, 15) is 13.2 Å². The van der Waals surface area contributed by atoms with Gasteiger partial charge in [0.15, 0.2) is 0 Å². The maximum absolute atomic E-state index is 13.3. The summed E-state index contributed by atoms with van der Waals surface area (Å²) in [5, 5.41) is 2.91. The van der Waals surface area contributed by atoms with Crippen molar-refractivity contribution in [3.63, 3.8) is 0 Å². The highest BCUT2D eigenvalue weighted by molar-refractivity contribution is 7.89. The normalized spacial score (nSPS) is 17.4. The molecule has 2 aromatic rings. The second-order valence-electron chi connectivity index (χ2n) is 7.26. The number of carbonyl (C=O) groups excluding carboxylic acids is 1. The summed E-state index contributed by atoms with van der Waals surface area (Å²) in [5.41, 5.74) is 1.90. The molecule has 162 valence electrons. The molecule has 0 radical (unpaired) electrons. The molecule has 30 heavy (non-hydrogen) atoms. The number of nitrogens with zero attached hydrogens (tertiary/aromatic N) is 1. The Morgan fingerprint density at radius 3 is 2.50 bits per heavy atom. The molecule has 3 rings (SSSR count). The van der Waals surface area contributed by atoms with Gasteiger partial charge >= 0.3 is 0 Å². The van der Waals surface area contributed by atoms with Crippen LogP contribution in [-0.4, -0.2) is 45.9 Å². The van der Waals surface area contributed by atoms with E-state index in [1.165, 1.54) is 30.2 Å². The predicted octanol–water partition coefficient (Wildman–Crippen LogP) is 3.31. The number of hydrogen-bond acceptors (Lipinski definition) is 5. The monoisotopic (exact) mass is 432 g/mol. The van der Waals surface area contributed by atoms with Crippen molar-refractivity contribution in [2.45, 2.75) is 31.1 Å². The van der Waals surface area contributed by atoms with Gasteiger partial charge in [0.1, 0.15) is 16.4 Å². The average molecular weight is 433 g/mol. The Morgan fingerprint density at radius 2 is 1.87 bits per heavy atom. The van der Waals surface area contributed by atoms with Gasteiger partial charge in [-0.15, -0.1) is 0 Å². The third-order valence-corrected chi connectivity index (χ3v) is 7.26. The highest BCUT2D eigenvalue weighted by Gasteiger charge is 2.35. The highest BCUT2D eigenvalue weighted by Crippen LogP contribution is 2.32. The van der Waals surface area contributed by atoms with Gasteiger partial charge in [0, 0.05) is 24.8 Å². The highest BCUT2D eigenvalue weighted by atomic mass is 32.2. The van der Waals surface area contributed by atoms with Gasteiger partial charge in [-0.05, 0) is 49.1 Å². The molecule has 1 aliphatic rings. The molecule has 0 bridgehead atoms. The largest absolute Gasteiger partial charge is 0.497 e. The van der Waals surface area contributed by atoms with Crippen molar-refractivity contribution < 1.29 is 22.7 Å². The Labute approximate surface area is 178 Å². The fourth-order valence-corrected chi connectivity index (χ4v) is 5.26. The van der Waals surface area contributed by atoms with Gasteiger partial charge in [-0.3, -0.25) is 4.79 Å². The number of hydrogen-bond donors (Lipinski definition) is 1. The van der Waals surface area contributed by atoms with Crippen LogP contribution in [0.25, 0.3) is 0 Å². The minimum Gasteiger partial charge on any atom is -0.497 e. The molecule has 1 saturated heterocycles. The number of aryl methyl sites for hydroxylation is 1. The summed E-state index contributed by atoms with van der Waals surface area (Å²) in [6, 6.07) is 12.4. The molecule has 7 nitrogen and oxygen atoms in total. The van der Waals surface area contributed by atoms with Crippen LogP contribution in [0.5, 0.6) is 11.5 Å². The van der Waals surface area contributed by atoms with Gasteiger partial charge in [0.05, 0.1) is 20.1 Å². The zero-order valence-corrected chi connectivity index (χ0v) is 18.4. The number of sulfonamides is 1. The Morgan fingerprint density at radius 1 is 1.13 bits per heavy atom. The SMILES string of the molecule is CCc1ccc(NC(=O)[C@@H]2CCCN(S(=O)(=O)c3cc(OC)ccc3OC)C2)cc1. The first-order valence-corrected chi connectivity index (χ1v) is 11.4. The predicted molar refractivity (Wildman–Crippen MR) is 115 cm³/mol. The molecule has 8 heteroatoms. The maximum atomic E-state index is 13.3. The number of anilines is 1. The molecular weight excluding hydrogens is 404 g/mol. The number of methoxy groups -OCH3 is 2. The Balaban J connectivity index is 1.77. The number of nitrogens with one attached hydrogen (secondary N) is 1. The number of piperidine rings is 1. The molecule has 0 unspecified atom stereocenters. The Bertz CT molecular complexity index is 989. The molecule has 2 aromatic carbocycles. The molecule has 0 aromatic heterocycles. The summed E-state index contributed by atoms with van der Waals surface area (Å²) >= 11 is 0. The van der Waals surface area contributed by atoms with E-state index in [0.29, 0.717) is 30.8 Å². The van der Waals surface area contributed by atoms with Gasteiger partial charge in [0.2, 0.25) is 15.9 Å². The van der Waals surface area contributed by atoms with Crippen molar-refractivity contribution in [3.8, 4) is 11.5 Å². The molecule has 1 aliphatic heterocycles. The molecule has 1 amide bonds. The summed E-state index contributed by atoms with van der Waals surface area (Å²) in [6.45, 7) is 2.56. The zero-order chi connectivity index (χ0) is 21.7. The van der Waals surface area contributed by atoms with Gasteiger partial charge in [-0.25, -0.2) is 8.42 Å². The van der Waals surface area contributed by atoms with E-state index >= 15 is 0 Å². The first-order valence-electron chi connectivity index (χ1n) is 10.0. The van der Waals surface area contributed by atoms with Crippen LogP contribution in [-0.2, 0) is 21.2 Å². The Hall–Kier alpha value is -2.58. The van der Waals surface area contributed by atoms with Crippen LogP contribution in [0.2, 0.25) is 0 Å². The van der Waals surface area contributed by atoms with E-state index in [4.69, 9.17) is 9.47 Å². The third kappa shape index (κ3) is 4.76. The summed E-state index contributed by atoms with van der Waals surface area (Å²) in [6.07, 6.45) is 2.18. The second kappa shape index (κ2) is 9.49. The molecule has 0 spiro atoms.